The Kier molecular flexibility index (Phi) is 4.10. The van der Waals surface area contributed by atoms with Crippen molar-refractivity contribution in [2.75, 3.05) is 7.11 Å². The summed E-state index contributed by atoms with van der Waals surface area (Å²) in [5.74, 6) is -0.340. The van der Waals surface area contributed by atoms with Gasteiger partial charge in [-0.1, -0.05) is 29.8 Å². The van der Waals surface area contributed by atoms with Crippen LogP contribution in [-0.2, 0) is 4.74 Å². The average Bonchev–Trinajstić information content (AvgIpc) is 2.67. The van der Waals surface area contributed by atoms with Gasteiger partial charge in [0.25, 0.3) is 0 Å². The first-order valence-corrected chi connectivity index (χ1v) is 7.17. The summed E-state index contributed by atoms with van der Waals surface area (Å²) in [6.07, 6.45) is 0. The maximum Gasteiger partial charge on any atom is 0.349 e. The van der Waals surface area contributed by atoms with E-state index in [1.165, 1.54) is 18.4 Å². The Morgan fingerprint density at radius 3 is 2.67 bits per heavy atom. The van der Waals surface area contributed by atoms with Gasteiger partial charge in [-0.25, -0.2) is 4.79 Å². The molecule has 0 radical (unpaired) electrons. The van der Waals surface area contributed by atoms with Gasteiger partial charge in [0, 0.05) is 19.9 Å². The van der Waals surface area contributed by atoms with E-state index in [2.05, 4.69) is 15.9 Å². The number of hydrogen-bond donors (Lipinski definition) is 0. The monoisotopic (exact) mass is 344 g/mol. The molecule has 0 N–H and O–H groups in total. The molecule has 0 atom stereocenters. The summed E-state index contributed by atoms with van der Waals surface area (Å²) >= 11 is 11.0. The second-order valence-corrected chi connectivity index (χ2v) is 5.89. The molecule has 1 aromatic heterocycles. The Balaban J connectivity index is 2.60. The molecule has 0 aliphatic carbocycles. The maximum absolute atomic E-state index is 11.6. The molecular formula is C13H10BrClO2S. The maximum atomic E-state index is 11.6. The highest BCUT2D eigenvalue weighted by molar-refractivity contribution is 9.10. The molecule has 0 unspecified atom stereocenters. The summed E-state index contributed by atoms with van der Waals surface area (Å²) in [7, 11) is 1.37. The highest BCUT2D eigenvalue weighted by atomic mass is 79.9. The van der Waals surface area contributed by atoms with Crippen LogP contribution in [0.4, 0.5) is 0 Å². The number of rotatable bonds is 2. The van der Waals surface area contributed by atoms with Crippen LogP contribution in [0.5, 0.6) is 0 Å². The number of halogens is 2. The van der Waals surface area contributed by atoms with Gasteiger partial charge >= 0.3 is 5.97 Å². The van der Waals surface area contributed by atoms with Crippen molar-refractivity contribution in [2.45, 2.75) is 6.92 Å². The molecule has 1 heterocycles. The van der Waals surface area contributed by atoms with Crippen molar-refractivity contribution in [3.05, 3.63) is 44.2 Å². The first-order chi connectivity index (χ1) is 8.56. The molecular weight excluding hydrogens is 336 g/mol. The fourth-order valence-corrected chi connectivity index (χ4v) is 3.80. The normalized spacial score (nSPS) is 10.4. The van der Waals surface area contributed by atoms with Crippen LogP contribution >= 0.6 is 38.9 Å². The third-order valence-corrected chi connectivity index (χ3v) is 5.45. The molecule has 0 aliphatic rings. The van der Waals surface area contributed by atoms with Gasteiger partial charge in [-0.3, -0.25) is 0 Å². The van der Waals surface area contributed by atoms with E-state index in [0.29, 0.717) is 9.90 Å². The molecule has 0 spiro atoms. The summed E-state index contributed by atoms with van der Waals surface area (Å²) in [5, 5.41) is 0.672. The van der Waals surface area contributed by atoms with Crippen molar-refractivity contribution in [1.82, 2.24) is 0 Å². The highest BCUT2D eigenvalue weighted by Gasteiger charge is 2.21. The van der Waals surface area contributed by atoms with Gasteiger partial charge in [0.05, 0.1) is 7.11 Å². The molecule has 0 aliphatic heterocycles. The number of thiophene rings is 1. The van der Waals surface area contributed by atoms with Gasteiger partial charge < -0.3 is 4.74 Å². The summed E-state index contributed by atoms with van der Waals surface area (Å²) in [6.45, 7) is 1.95. The average molecular weight is 346 g/mol. The molecule has 94 valence electrons. The molecule has 0 saturated heterocycles. The van der Waals surface area contributed by atoms with E-state index in [1.807, 2.05) is 31.2 Å². The van der Waals surface area contributed by atoms with Gasteiger partial charge in [-0.2, -0.15) is 0 Å². The Morgan fingerprint density at radius 1 is 1.39 bits per heavy atom. The second-order valence-electron chi connectivity index (χ2n) is 3.67. The van der Waals surface area contributed by atoms with Gasteiger partial charge in [0.2, 0.25) is 0 Å². The predicted molar refractivity (Wildman–Crippen MR) is 78.5 cm³/mol. The molecule has 0 saturated carbocycles. The summed E-state index contributed by atoms with van der Waals surface area (Å²) < 4.78 is 5.53. The number of esters is 1. The van der Waals surface area contributed by atoms with Gasteiger partial charge in [-0.05, 0) is 34.5 Å². The zero-order valence-electron chi connectivity index (χ0n) is 9.79. The zero-order chi connectivity index (χ0) is 13.3. The van der Waals surface area contributed by atoms with Crippen molar-refractivity contribution >= 4 is 44.8 Å². The fourth-order valence-electron chi connectivity index (χ4n) is 1.62. The van der Waals surface area contributed by atoms with Gasteiger partial charge in [0.15, 0.2) is 0 Å². The Bertz CT molecular complexity index is 607. The number of benzene rings is 1. The minimum absolute atomic E-state index is 0.340. The van der Waals surface area contributed by atoms with Crippen LogP contribution in [0.25, 0.3) is 10.4 Å². The lowest BCUT2D eigenvalue weighted by Gasteiger charge is -2.02. The Morgan fingerprint density at radius 2 is 2.06 bits per heavy atom. The van der Waals surface area contributed by atoms with Crippen LogP contribution in [0, 0.1) is 6.92 Å². The van der Waals surface area contributed by atoms with Crippen molar-refractivity contribution in [3.63, 3.8) is 0 Å². The topological polar surface area (TPSA) is 26.3 Å². The minimum Gasteiger partial charge on any atom is -0.465 e. The standard InChI is InChI=1S/C13H10BrClO2S/c1-7-10(14)12(13(16)17-2)18-11(7)8-5-3-4-6-9(8)15/h3-6H,1-2H3. The number of carbonyl (C=O) groups is 1. The quantitative estimate of drug-likeness (QED) is 0.722. The molecule has 1 aromatic carbocycles. The molecule has 2 nitrogen and oxygen atoms in total. The predicted octanol–water partition coefficient (Wildman–Crippen LogP) is 4.93. The number of methoxy groups -OCH3 is 1. The van der Waals surface area contributed by atoms with Crippen LogP contribution in [0.15, 0.2) is 28.7 Å². The largest absolute Gasteiger partial charge is 0.465 e. The van der Waals surface area contributed by atoms with Crippen molar-refractivity contribution in [1.29, 1.82) is 0 Å². The van der Waals surface area contributed by atoms with Crippen LogP contribution < -0.4 is 0 Å². The Labute approximate surface area is 123 Å². The molecule has 0 bridgehead atoms. The lowest BCUT2D eigenvalue weighted by Crippen LogP contribution is -1.98. The zero-order valence-corrected chi connectivity index (χ0v) is 12.9. The van der Waals surface area contributed by atoms with Crippen molar-refractivity contribution in [2.24, 2.45) is 0 Å². The second kappa shape index (κ2) is 5.43. The minimum atomic E-state index is -0.340. The van der Waals surface area contributed by atoms with Crippen molar-refractivity contribution in [3.8, 4) is 10.4 Å². The first-order valence-electron chi connectivity index (χ1n) is 5.18. The van der Waals surface area contributed by atoms with Crippen molar-refractivity contribution < 1.29 is 9.53 Å². The van der Waals surface area contributed by atoms with Crippen LogP contribution in [0.3, 0.4) is 0 Å². The van der Waals surface area contributed by atoms with Crippen LogP contribution in [0.1, 0.15) is 15.2 Å². The SMILES string of the molecule is COC(=O)c1sc(-c2ccccc2Cl)c(C)c1Br. The molecule has 5 heteroatoms. The highest BCUT2D eigenvalue weighted by Crippen LogP contribution is 2.41. The molecule has 2 rings (SSSR count). The third-order valence-electron chi connectivity index (χ3n) is 2.56. The smallest absolute Gasteiger partial charge is 0.349 e. The van der Waals surface area contributed by atoms with E-state index in [9.17, 15) is 4.79 Å². The summed E-state index contributed by atoms with van der Waals surface area (Å²) in [5.41, 5.74) is 1.92. The van der Waals surface area contributed by atoms with Crippen LogP contribution in [0.2, 0.25) is 5.02 Å². The lowest BCUT2D eigenvalue weighted by molar-refractivity contribution is 0.0605. The lowest BCUT2D eigenvalue weighted by atomic mass is 10.1. The molecule has 18 heavy (non-hydrogen) atoms. The van der Waals surface area contributed by atoms with Gasteiger partial charge in [0.1, 0.15) is 4.88 Å². The van der Waals surface area contributed by atoms with E-state index >= 15 is 0 Å². The Hall–Kier alpha value is -0.840. The molecule has 2 aromatic rings. The van der Waals surface area contributed by atoms with Crippen LogP contribution in [-0.4, -0.2) is 13.1 Å². The molecule has 0 fully saturated rings. The van der Waals surface area contributed by atoms with Gasteiger partial charge in [-0.15, -0.1) is 11.3 Å². The van der Waals surface area contributed by atoms with E-state index in [1.54, 1.807) is 0 Å². The summed E-state index contributed by atoms with van der Waals surface area (Å²) in [6, 6.07) is 7.58. The van der Waals surface area contributed by atoms with E-state index in [-0.39, 0.29) is 5.97 Å². The van der Waals surface area contributed by atoms with E-state index in [4.69, 9.17) is 16.3 Å². The number of ether oxygens (including phenoxy) is 1. The third kappa shape index (κ3) is 2.32. The number of hydrogen-bond acceptors (Lipinski definition) is 3. The first kappa shape index (κ1) is 13.6. The number of carbonyl (C=O) groups excluding carboxylic acids is 1. The fraction of sp³-hybridized carbons (Fsp3) is 0.154. The molecule has 0 amide bonds. The van der Waals surface area contributed by atoms with E-state index in [0.717, 1.165) is 20.5 Å². The summed E-state index contributed by atoms with van der Waals surface area (Å²) in [4.78, 5) is 13.2. The van der Waals surface area contributed by atoms with E-state index < -0.39 is 0 Å².